The molecule has 1 aromatic heterocycles. The second kappa shape index (κ2) is 9.40. The highest BCUT2D eigenvalue weighted by Crippen LogP contribution is 2.23. The molecule has 0 aliphatic heterocycles. The van der Waals surface area contributed by atoms with Gasteiger partial charge < -0.3 is 14.5 Å². The van der Waals surface area contributed by atoms with Crippen LogP contribution in [0.15, 0.2) is 46.4 Å². The van der Waals surface area contributed by atoms with E-state index in [9.17, 15) is 9.18 Å². The third-order valence-corrected chi connectivity index (χ3v) is 3.36. The maximum atomic E-state index is 13.0. The van der Waals surface area contributed by atoms with Crippen LogP contribution in [0.3, 0.4) is 0 Å². The molecule has 25 heavy (non-hydrogen) atoms. The van der Waals surface area contributed by atoms with E-state index in [0.717, 1.165) is 0 Å². The first-order valence-corrected chi connectivity index (χ1v) is 7.97. The fraction of sp³-hybridized carbons (Fsp3) is 0.263. The largest absolute Gasteiger partial charge is 0.457 e. The van der Waals surface area contributed by atoms with Crippen molar-refractivity contribution in [2.45, 2.75) is 13.3 Å². The molecular weight excluding hydrogens is 323 g/mol. The molecule has 2 aromatic rings. The number of ether oxygens (including phenoxy) is 1. The molecule has 1 aromatic carbocycles. The number of benzene rings is 1. The molecule has 1 amide bonds. The summed E-state index contributed by atoms with van der Waals surface area (Å²) < 4.78 is 23.7. The Morgan fingerprint density at radius 2 is 2.08 bits per heavy atom. The molecule has 0 saturated heterocycles. The monoisotopic (exact) mass is 342 g/mol. The molecule has 6 heteroatoms. The van der Waals surface area contributed by atoms with Gasteiger partial charge >= 0.3 is 0 Å². The number of nitrogens with one attached hydrogen (secondary N) is 1. The van der Waals surface area contributed by atoms with Crippen molar-refractivity contribution in [1.29, 1.82) is 5.26 Å². The summed E-state index contributed by atoms with van der Waals surface area (Å²) in [6, 6.07) is 11.1. The van der Waals surface area contributed by atoms with Crippen LogP contribution in [0.4, 0.5) is 4.39 Å². The third-order valence-electron chi connectivity index (χ3n) is 3.36. The summed E-state index contributed by atoms with van der Waals surface area (Å²) in [4.78, 5) is 12.0. The van der Waals surface area contributed by atoms with Gasteiger partial charge in [-0.1, -0.05) is 0 Å². The Bertz CT molecular complexity index is 773. The van der Waals surface area contributed by atoms with Crippen molar-refractivity contribution < 1.29 is 18.3 Å². The van der Waals surface area contributed by atoms with Gasteiger partial charge in [0, 0.05) is 31.4 Å². The molecule has 0 bridgehead atoms. The van der Waals surface area contributed by atoms with Gasteiger partial charge in [-0.2, -0.15) is 5.26 Å². The summed E-state index contributed by atoms with van der Waals surface area (Å²) in [5.41, 5.74) is 0.663. The molecule has 2 rings (SSSR count). The van der Waals surface area contributed by atoms with Gasteiger partial charge in [0.1, 0.15) is 29.0 Å². The summed E-state index contributed by atoms with van der Waals surface area (Å²) in [5, 5.41) is 11.8. The van der Waals surface area contributed by atoms with Crippen molar-refractivity contribution in [2.24, 2.45) is 0 Å². The van der Waals surface area contributed by atoms with Crippen molar-refractivity contribution in [3.63, 3.8) is 0 Å². The number of hydrogen-bond acceptors (Lipinski definition) is 4. The van der Waals surface area contributed by atoms with Crippen LogP contribution in [0.25, 0.3) is 17.4 Å². The predicted octanol–water partition coefficient (Wildman–Crippen LogP) is 3.54. The Balaban J connectivity index is 2.01. The average molecular weight is 342 g/mol. The van der Waals surface area contributed by atoms with Crippen LogP contribution in [0.5, 0.6) is 0 Å². The lowest BCUT2D eigenvalue weighted by atomic mass is 10.2. The zero-order valence-electron chi connectivity index (χ0n) is 13.9. The van der Waals surface area contributed by atoms with Crippen LogP contribution >= 0.6 is 0 Å². The van der Waals surface area contributed by atoms with Crippen LogP contribution in [0.1, 0.15) is 19.1 Å². The van der Waals surface area contributed by atoms with Crippen molar-refractivity contribution in [1.82, 2.24) is 5.32 Å². The van der Waals surface area contributed by atoms with E-state index in [1.165, 1.54) is 18.2 Å². The predicted molar refractivity (Wildman–Crippen MR) is 91.8 cm³/mol. The number of hydrogen-bond donors (Lipinski definition) is 1. The highest BCUT2D eigenvalue weighted by atomic mass is 19.1. The molecule has 0 unspecified atom stereocenters. The van der Waals surface area contributed by atoms with Crippen molar-refractivity contribution >= 4 is 12.0 Å². The van der Waals surface area contributed by atoms with Crippen LogP contribution < -0.4 is 5.32 Å². The molecule has 130 valence electrons. The van der Waals surface area contributed by atoms with Gasteiger partial charge in [-0.25, -0.2) is 4.39 Å². The first kappa shape index (κ1) is 18.4. The lowest BCUT2D eigenvalue weighted by Crippen LogP contribution is -2.26. The molecule has 0 spiro atoms. The van der Waals surface area contributed by atoms with E-state index in [2.05, 4.69) is 5.32 Å². The minimum Gasteiger partial charge on any atom is -0.457 e. The van der Waals surface area contributed by atoms with Crippen molar-refractivity contribution in [3.05, 3.63) is 53.5 Å². The topological polar surface area (TPSA) is 75.3 Å². The summed E-state index contributed by atoms with van der Waals surface area (Å²) >= 11 is 0. The Morgan fingerprint density at radius 1 is 1.32 bits per heavy atom. The van der Waals surface area contributed by atoms with E-state index in [-0.39, 0.29) is 11.4 Å². The molecule has 0 aliphatic carbocycles. The number of halogens is 1. The van der Waals surface area contributed by atoms with Gasteiger partial charge in [-0.3, -0.25) is 4.79 Å². The van der Waals surface area contributed by atoms with Crippen LogP contribution in [-0.2, 0) is 9.53 Å². The zero-order chi connectivity index (χ0) is 18.1. The molecule has 0 atom stereocenters. The van der Waals surface area contributed by atoms with E-state index >= 15 is 0 Å². The second-order valence-corrected chi connectivity index (χ2v) is 5.19. The number of furan rings is 1. The quantitative estimate of drug-likeness (QED) is 0.452. The zero-order valence-corrected chi connectivity index (χ0v) is 13.9. The number of nitriles is 1. The van der Waals surface area contributed by atoms with Gasteiger partial charge in [-0.15, -0.1) is 0 Å². The molecule has 0 fully saturated rings. The number of carbonyl (C=O) groups excluding carboxylic acids is 1. The van der Waals surface area contributed by atoms with Gasteiger partial charge in [0.05, 0.1) is 0 Å². The van der Waals surface area contributed by atoms with E-state index in [4.69, 9.17) is 14.4 Å². The van der Waals surface area contributed by atoms with Crippen LogP contribution in [0.2, 0.25) is 0 Å². The molecule has 1 N–H and O–H groups in total. The lowest BCUT2D eigenvalue weighted by Gasteiger charge is -2.04. The highest BCUT2D eigenvalue weighted by molar-refractivity contribution is 6.01. The second-order valence-electron chi connectivity index (χ2n) is 5.19. The Morgan fingerprint density at radius 3 is 2.76 bits per heavy atom. The maximum absolute atomic E-state index is 13.0. The molecular formula is C19H19FN2O3. The van der Waals surface area contributed by atoms with Gasteiger partial charge in [-0.05, 0) is 49.7 Å². The average Bonchev–Trinajstić information content (AvgIpc) is 3.08. The van der Waals surface area contributed by atoms with Crippen molar-refractivity contribution in [2.75, 3.05) is 19.8 Å². The number of nitrogens with zero attached hydrogens (tertiary/aromatic N) is 1. The summed E-state index contributed by atoms with van der Waals surface area (Å²) in [6.07, 6.45) is 2.05. The first-order valence-electron chi connectivity index (χ1n) is 7.97. The smallest absolute Gasteiger partial charge is 0.262 e. The van der Waals surface area contributed by atoms with E-state index in [1.807, 2.05) is 13.0 Å². The van der Waals surface area contributed by atoms with E-state index in [0.29, 0.717) is 43.3 Å². The SMILES string of the molecule is CCOCCCNC(=O)/C(C#N)=C/c1ccc(-c2ccc(F)cc2)o1. The first-order chi connectivity index (χ1) is 12.1. The Kier molecular flexibility index (Phi) is 6.93. The third kappa shape index (κ3) is 5.59. The summed E-state index contributed by atoms with van der Waals surface area (Å²) in [7, 11) is 0. The molecule has 0 saturated carbocycles. The van der Waals surface area contributed by atoms with Crippen molar-refractivity contribution in [3.8, 4) is 17.4 Å². The summed E-state index contributed by atoms with van der Waals surface area (Å²) in [5.74, 6) is 0.114. The van der Waals surface area contributed by atoms with E-state index < -0.39 is 5.91 Å². The van der Waals surface area contributed by atoms with Gasteiger partial charge in [0.2, 0.25) is 0 Å². The minimum absolute atomic E-state index is 0.0450. The fourth-order valence-electron chi connectivity index (χ4n) is 2.11. The maximum Gasteiger partial charge on any atom is 0.262 e. The van der Waals surface area contributed by atoms with Gasteiger partial charge in [0.25, 0.3) is 5.91 Å². The number of rotatable bonds is 8. The molecule has 1 heterocycles. The van der Waals surface area contributed by atoms with Crippen LogP contribution in [0, 0.1) is 17.1 Å². The molecule has 0 radical (unpaired) electrons. The van der Waals surface area contributed by atoms with Gasteiger partial charge in [0.15, 0.2) is 0 Å². The number of amides is 1. The normalized spacial score (nSPS) is 11.2. The van der Waals surface area contributed by atoms with Crippen LogP contribution in [-0.4, -0.2) is 25.7 Å². The van der Waals surface area contributed by atoms with E-state index in [1.54, 1.807) is 24.3 Å². The highest BCUT2D eigenvalue weighted by Gasteiger charge is 2.10. The number of carbonyl (C=O) groups is 1. The standard InChI is InChI=1S/C19H19FN2O3/c1-2-24-11-3-10-22-19(23)15(13-21)12-17-8-9-18(25-17)14-4-6-16(20)7-5-14/h4-9,12H,2-3,10-11H2,1H3,(H,22,23)/b15-12+. The molecule has 0 aliphatic rings. The Labute approximate surface area is 145 Å². The fourth-order valence-corrected chi connectivity index (χ4v) is 2.11. The minimum atomic E-state index is -0.460. The lowest BCUT2D eigenvalue weighted by molar-refractivity contribution is -0.117. The Hall–Kier alpha value is -2.91. The summed E-state index contributed by atoms with van der Waals surface area (Å²) in [6.45, 7) is 3.52. The molecule has 5 nitrogen and oxygen atoms in total.